The van der Waals surface area contributed by atoms with E-state index in [1.54, 1.807) is 0 Å². The van der Waals surface area contributed by atoms with Gasteiger partial charge in [-0.15, -0.1) is 0 Å². The van der Waals surface area contributed by atoms with E-state index in [2.05, 4.69) is 12.2 Å². The molecule has 1 aromatic rings. The lowest BCUT2D eigenvalue weighted by Gasteiger charge is -2.29. The lowest BCUT2D eigenvalue weighted by molar-refractivity contribution is -0.125. The van der Waals surface area contributed by atoms with Gasteiger partial charge >= 0.3 is 5.97 Å². The molecule has 22 heavy (non-hydrogen) atoms. The first-order chi connectivity index (χ1) is 10.5. The van der Waals surface area contributed by atoms with Crippen LogP contribution in [0.3, 0.4) is 0 Å². The molecule has 1 N–H and O–H groups in total. The van der Waals surface area contributed by atoms with E-state index in [9.17, 15) is 14.0 Å². The van der Waals surface area contributed by atoms with Crippen molar-refractivity contribution in [2.75, 3.05) is 6.61 Å². The molecule has 120 valence electrons. The molecule has 1 aromatic carbocycles. The van der Waals surface area contributed by atoms with E-state index in [0.717, 1.165) is 25.3 Å². The number of esters is 1. The highest BCUT2D eigenvalue weighted by molar-refractivity contribution is 6.33. The molecule has 0 spiro atoms. The average Bonchev–Trinajstić information content (AvgIpc) is 2.47. The van der Waals surface area contributed by atoms with Gasteiger partial charge in [0.1, 0.15) is 11.4 Å². The van der Waals surface area contributed by atoms with Crippen molar-refractivity contribution >= 4 is 23.5 Å². The van der Waals surface area contributed by atoms with Gasteiger partial charge in [0.25, 0.3) is 5.91 Å². The van der Waals surface area contributed by atoms with E-state index in [1.807, 2.05) is 0 Å². The van der Waals surface area contributed by atoms with Crippen molar-refractivity contribution in [1.82, 2.24) is 5.32 Å². The Morgan fingerprint density at radius 3 is 2.77 bits per heavy atom. The third-order valence-corrected chi connectivity index (χ3v) is 4.27. The zero-order valence-electron chi connectivity index (χ0n) is 12.4. The monoisotopic (exact) mass is 327 g/mol. The molecule has 0 heterocycles. The molecular formula is C16H19ClFNO3. The van der Waals surface area contributed by atoms with Crippen LogP contribution in [0.2, 0.25) is 5.02 Å². The van der Waals surface area contributed by atoms with Crippen LogP contribution >= 0.6 is 11.6 Å². The zero-order chi connectivity index (χ0) is 16.1. The number of carbonyl (C=O) groups is 2. The second-order valence-corrected chi connectivity index (χ2v) is 6.02. The molecule has 1 saturated carbocycles. The zero-order valence-corrected chi connectivity index (χ0v) is 13.2. The summed E-state index contributed by atoms with van der Waals surface area (Å²) >= 11 is 5.77. The molecule has 0 radical (unpaired) electrons. The summed E-state index contributed by atoms with van der Waals surface area (Å²) in [6.07, 6.45) is 4.27. The van der Waals surface area contributed by atoms with Crippen LogP contribution in [-0.4, -0.2) is 24.5 Å². The van der Waals surface area contributed by atoms with Crippen LogP contribution in [-0.2, 0) is 9.53 Å². The number of nitrogens with one attached hydrogen (secondary N) is 1. The molecule has 2 rings (SSSR count). The fourth-order valence-electron chi connectivity index (χ4n) is 2.68. The maximum atomic E-state index is 13.6. The number of carbonyl (C=O) groups excluding carboxylic acids is 2. The van der Waals surface area contributed by atoms with Gasteiger partial charge in [-0.3, -0.25) is 4.79 Å². The topological polar surface area (TPSA) is 55.4 Å². The smallest absolute Gasteiger partial charge is 0.343 e. The molecule has 0 saturated heterocycles. The predicted molar refractivity (Wildman–Crippen MR) is 81.3 cm³/mol. The summed E-state index contributed by atoms with van der Waals surface area (Å²) < 4.78 is 18.4. The van der Waals surface area contributed by atoms with Gasteiger partial charge < -0.3 is 10.1 Å². The highest BCUT2D eigenvalue weighted by Gasteiger charge is 2.24. The number of halogens is 2. The van der Waals surface area contributed by atoms with E-state index in [0.29, 0.717) is 5.92 Å². The first-order valence-corrected chi connectivity index (χ1v) is 7.77. The number of hydrogen-bond donors (Lipinski definition) is 1. The van der Waals surface area contributed by atoms with Crippen LogP contribution in [0.15, 0.2) is 18.2 Å². The minimum Gasteiger partial charge on any atom is -0.452 e. The largest absolute Gasteiger partial charge is 0.452 e. The lowest BCUT2D eigenvalue weighted by atomic mass is 9.86. The van der Waals surface area contributed by atoms with Gasteiger partial charge in [-0.1, -0.05) is 37.4 Å². The molecule has 2 unspecified atom stereocenters. The number of ether oxygens (including phenoxy) is 1. The minimum absolute atomic E-state index is 0.0358. The van der Waals surface area contributed by atoms with E-state index >= 15 is 0 Å². The van der Waals surface area contributed by atoms with Gasteiger partial charge in [-0.2, -0.15) is 0 Å². The molecule has 4 nitrogen and oxygen atoms in total. The molecule has 1 aliphatic carbocycles. The quantitative estimate of drug-likeness (QED) is 0.863. The lowest BCUT2D eigenvalue weighted by Crippen LogP contribution is -2.42. The van der Waals surface area contributed by atoms with E-state index in [1.165, 1.54) is 18.6 Å². The number of rotatable bonds is 4. The Balaban J connectivity index is 1.87. The Morgan fingerprint density at radius 2 is 2.09 bits per heavy atom. The van der Waals surface area contributed by atoms with Crippen molar-refractivity contribution in [1.29, 1.82) is 0 Å². The van der Waals surface area contributed by atoms with Gasteiger partial charge in [-0.25, -0.2) is 9.18 Å². The van der Waals surface area contributed by atoms with Crippen molar-refractivity contribution in [3.8, 4) is 0 Å². The summed E-state index contributed by atoms with van der Waals surface area (Å²) in [6, 6.07) is 4.01. The predicted octanol–water partition coefficient (Wildman–Crippen LogP) is 3.33. The highest BCUT2D eigenvalue weighted by Crippen LogP contribution is 2.23. The van der Waals surface area contributed by atoms with Crippen LogP contribution in [0.5, 0.6) is 0 Å². The number of amides is 1. The van der Waals surface area contributed by atoms with Crippen molar-refractivity contribution in [3.05, 3.63) is 34.6 Å². The van der Waals surface area contributed by atoms with E-state index in [4.69, 9.17) is 16.3 Å². The van der Waals surface area contributed by atoms with Gasteiger partial charge in [-0.05, 0) is 30.9 Å². The number of benzene rings is 1. The summed E-state index contributed by atoms with van der Waals surface area (Å²) in [7, 11) is 0. The molecule has 0 aliphatic heterocycles. The molecule has 1 amide bonds. The number of hydrogen-bond acceptors (Lipinski definition) is 3. The van der Waals surface area contributed by atoms with E-state index < -0.39 is 18.4 Å². The van der Waals surface area contributed by atoms with Crippen LogP contribution in [0.1, 0.15) is 43.0 Å². The fourth-order valence-corrected chi connectivity index (χ4v) is 2.92. The first kappa shape index (κ1) is 16.7. The molecule has 0 bridgehead atoms. The van der Waals surface area contributed by atoms with Crippen LogP contribution in [0, 0.1) is 11.7 Å². The van der Waals surface area contributed by atoms with Gasteiger partial charge in [0.15, 0.2) is 6.61 Å². The van der Waals surface area contributed by atoms with Crippen molar-refractivity contribution in [3.63, 3.8) is 0 Å². The second kappa shape index (κ2) is 7.58. The Bertz CT molecular complexity index is 544. The molecule has 6 heteroatoms. The first-order valence-electron chi connectivity index (χ1n) is 7.39. The van der Waals surface area contributed by atoms with Crippen molar-refractivity contribution in [2.45, 2.75) is 38.6 Å². The summed E-state index contributed by atoms with van der Waals surface area (Å²) in [5, 5.41) is 2.83. The van der Waals surface area contributed by atoms with Crippen LogP contribution in [0.4, 0.5) is 4.39 Å². The van der Waals surface area contributed by atoms with Crippen molar-refractivity contribution < 1.29 is 18.7 Å². The Labute approximate surface area is 134 Å². The molecular weight excluding hydrogens is 309 g/mol. The van der Waals surface area contributed by atoms with E-state index in [-0.39, 0.29) is 22.5 Å². The van der Waals surface area contributed by atoms with Crippen LogP contribution in [0.25, 0.3) is 0 Å². The normalized spacial score (nSPS) is 21.2. The molecule has 1 fully saturated rings. The average molecular weight is 328 g/mol. The Morgan fingerprint density at radius 1 is 1.36 bits per heavy atom. The minimum atomic E-state index is -0.935. The van der Waals surface area contributed by atoms with Crippen LogP contribution < -0.4 is 5.32 Å². The standard InChI is InChI=1S/C16H19ClFNO3/c1-10-5-2-3-8-13(10)19-14(20)9-22-16(21)15-11(17)6-4-7-12(15)18/h4,6-7,10,13H,2-3,5,8-9H2,1H3,(H,19,20). The fraction of sp³-hybridized carbons (Fsp3) is 0.500. The van der Waals surface area contributed by atoms with Crippen molar-refractivity contribution in [2.24, 2.45) is 5.92 Å². The molecule has 1 aliphatic rings. The van der Waals surface area contributed by atoms with Gasteiger partial charge in [0.2, 0.25) is 0 Å². The molecule has 2 atom stereocenters. The highest BCUT2D eigenvalue weighted by atomic mass is 35.5. The maximum Gasteiger partial charge on any atom is 0.343 e. The van der Waals surface area contributed by atoms with Gasteiger partial charge in [0.05, 0.1) is 5.02 Å². The second-order valence-electron chi connectivity index (χ2n) is 5.61. The summed E-state index contributed by atoms with van der Waals surface area (Å²) in [5.41, 5.74) is -0.344. The SMILES string of the molecule is CC1CCCCC1NC(=O)COC(=O)c1c(F)cccc1Cl. The third kappa shape index (κ3) is 4.19. The summed E-state index contributed by atoms with van der Waals surface area (Å²) in [6.45, 7) is 1.65. The summed E-state index contributed by atoms with van der Waals surface area (Å²) in [4.78, 5) is 23.7. The maximum absolute atomic E-state index is 13.6. The Kier molecular flexibility index (Phi) is 5.77. The summed E-state index contributed by atoms with van der Waals surface area (Å²) in [5.74, 6) is -1.66. The van der Waals surface area contributed by atoms with Gasteiger partial charge in [0, 0.05) is 6.04 Å². The molecule has 0 aromatic heterocycles. The Hall–Kier alpha value is -1.62. The third-order valence-electron chi connectivity index (χ3n) is 3.96.